The van der Waals surface area contributed by atoms with E-state index in [0.717, 1.165) is 11.3 Å². The highest BCUT2D eigenvalue weighted by Crippen LogP contribution is 2.39. The van der Waals surface area contributed by atoms with Crippen LogP contribution in [-0.2, 0) is 0 Å². The largest absolute Gasteiger partial charge is 0.207 e. The van der Waals surface area contributed by atoms with E-state index in [2.05, 4.69) is 19.1 Å². The van der Waals surface area contributed by atoms with Crippen LogP contribution in [0, 0.1) is 17.6 Å². The maximum absolute atomic E-state index is 15.1. The van der Waals surface area contributed by atoms with Crippen LogP contribution in [0.4, 0.5) is 8.78 Å². The van der Waals surface area contributed by atoms with Gasteiger partial charge in [-0.3, -0.25) is 0 Å². The molecule has 0 atom stereocenters. The number of rotatable bonds is 5. The van der Waals surface area contributed by atoms with Crippen LogP contribution in [0.2, 0.25) is 0 Å². The van der Waals surface area contributed by atoms with Crippen LogP contribution in [-0.4, -0.2) is 0 Å². The quantitative estimate of drug-likeness (QED) is 0.419. The first-order valence-electron chi connectivity index (χ1n) is 10.6. The minimum Gasteiger partial charge on any atom is -0.207 e. The lowest BCUT2D eigenvalue weighted by molar-refractivity contribution is 0.304. The second-order valence-corrected chi connectivity index (χ2v) is 8.27. The Morgan fingerprint density at radius 1 is 0.857 bits per heavy atom. The molecule has 1 fully saturated rings. The minimum absolute atomic E-state index is 0.223. The summed E-state index contributed by atoms with van der Waals surface area (Å²) >= 11 is 0. The summed E-state index contributed by atoms with van der Waals surface area (Å²) in [4.78, 5) is 0. The molecule has 3 aromatic rings. The Hall–Kier alpha value is -2.22. The van der Waals surface area contributed by atoms with E-state index in [-0.39, 0.29) is 11.6 Å². The van der Waals surface area contributed by atoms with E-state index in [1.54, 1.807) is 12.1 Å². The third kappa shape index (κ3) is 3.97. The summed E-state index contributed by atoms with van der Waals surface area (Å²) < 4.78 is 28.3. The van der Waals surface area contributed by atoms with Crippen molar-refractivity contribution in [3.63, 3.8) is 0 Å². The smallest absolute Gasteiger partial charge is 0.138 e. The fourth-order valence-electron chi connectivity index (χ4n) is 4.69. The lowest BCUT2D eigenvalue weighted by Crippen LogP contribution is -2.13. The number of halogens is 2. The molecule has 4 rings (SSSR count). The maximum Gasteiger partial charge on any atom is 0.138 e. The number of hydrogen-bond acceptors (Lipinski definition) is 0. The predicted molar refractivity (Wildman–Crippen MR) is 114 cm³/mol. The third-order valence-electron chi connectivity index (χ3n) is 6.42. The zero-order chi connectivity index (χ0) is 19.5. The summed E-state index contributed by atoms with van der Waals surface area (Å²) in [5, 5.41) is 1.59. The highest BCUT2D eigenvalue weighted by atomic mass is 19.1. The van der Waals surface area contributed by atoms with E-state index >= 15 is 4.39 Å². The van der Waals surface area contributed by atoms with Crippen LogP contribution in [0.3, 0.4) is 0 Å². The Labute approximate surface area is 166 Å². The molecule has 0 N–H and O–H groups in total. The number of benzene rings is 3. The van der Waals surface area contributed by atoms with Gasteiger partial charge in [-0.05, 0) is 66.2 Å². The molecule has 1 saturated carbocycles. The molecule has 0 unspecified atom stereocenters. The molecule has 0 aliphatic heterocycles. The molecule has 0 bridgehead atoms. The molecule has 0 nitrogen and oxygen atoms in total. The molecular formula is C26H28F2. The SMILES string of the molecule is CCCCC1CCC(c2ccc3c(F)c(-c4ccc(F)cc4)ccc3c2)CC1. The van der Waals surface area contributed by atoms with E-state index in [1.165, 1.54) is 62.6 Å². The van der Waals surface area contributed by atoms with Crippen molar-refractivity contribution >= 4 is 10.8 Å². The van der Waals surface area contributed by atoms with Crippen LogP contribution in [0.15, 0.2) is 54.6 Å². The molecule has 0 radical (unpaired) electrons. The Morgan fingerprint density at radius 3 is 2.32 bits per heavy atom. The fraction of sp³-hybridized carbons (Fsp3) is 0.385. The Bertz CT molecular complexity index is 935. The Morgan fingerprint density at radius 2 is 1.61 bits per heavy atom. The summed E-state index contributed by atoms with van der Waals surface area (Å²) in [6, 6.07) is 16.0. The molecule has 146 valence electrons. The van der Waals surface area contributed by atoms with Crippen LogP contribution in [0.1, 0.15) is 63.4 Å². The first-order chi connectivity index (χ1) is 13.7. The summed E-state index contributed by atoms with van der Waals surface area (Å²) in [5.74, 6) is 0.965. The van der Waals surface area contributed by atoms with Gasteiger partial charge in [-0.2, -0.15) is 0 Å². The molecule has 0 saturated heterocycles. The fourth-order valence-corrected chi connectivity index (χ4v) is 4.69. The summed E-state index contributed by atoms with van der Waals surface area (Å²) in [5.41, 5.74) is 2.57. The van der Waals surface area contributed by atoms with E-state index < -0.39 is 0 Å². The van der Waals surface area contributed by atoms with Crippen molar-refractivity contribution in [2.75, 3.05) is 0 Å². The zero-order valence-electron chi connectivity index (χ0n) is 16.6. The van der Waals surface area contributed by atoms with Crippen molar-refractivity contribution in [3.05, 3.63) is 71.8 Å². The van der Waals surface area contributed by atoms with Gasteiger partial charge in [0.2, 0.25) is 0 Å². The molecule has 0 spiro atoms. The van der Waals surface area contributed by atoms with Gasteiger partial charge in [-0.1, -0.05) is 68.7 Å². The van der Waals surface area contributed by atoms with Crippen molar-refractivity contribution in [1.82, 2.24) is 0 Å². The van der Waals surface area contributed by atoms with Crippen molar-refractivity contribution in [3.8, 4) is 11.1 Å². The van der Waals surface area contributed by atoms with Crippen molar-refractivity contribution in [1.29, 1.82) is 0 Å². The standard InChI is InChI=1S/C26H28F2/c1-2-3-4-18-5-7-19(8-6-18)21-11-15-25-22(17-21)12-16-24(26(25)28)20-9-13-23(27)14-10-20/h9-19H,2-8H2,1H3. The van der Waals surface area contributed by atoms with Gasteiger partial charge < -0.3 is 0 Å². The molecule has 1 aliphatic rings. The summed E-state index contributed by atoms with van der Waals surface area (Å²) in [6.07, 6.45) is 9.14. The maximum atomic E-state index is 15.1. The average molecular weight is 379 g/mol. The summed E-state index contributed by atoms with van der Waals surface area (Å²) in [7, 11) is 0. The van der Waals surface area contributed by atoms with E-state index in [4.69, 9.17) is 0 Å². The first-order valence-corrected chi connectivity index (χ1v) is 10.6. The second-order valence-electron chi connectivity index (χ2n) is 8.27. The first kappa shape index (κ1) is 19.1. The normalized spacial score (nSPS) is 19.8. The molecule has 0 aromatic heterocycles. The molecular weight excluding hydrogens is 350 g/mol. The van der Waals surface area contributed by atoms with Gasteiger partial charge in [-0.25, -0.2) is 8.78 Å². The number of fused-ring (bicyclic) bond motifs is 1. The van der Waals surface area contributed by atoms with Crippen molar-refractivity contribution in [2.24, 2.45) is 5.92 Å². The van der Waals surface area contributed by atoms with Crippen LogP contribution in [0.5, 0.6) is 0 Å². The minimum atomic E-state index is -0.306. The lowest BCUT2D eigenvalue weighted by atomic mass is 9.77. The second kappa shape index (κ2) is 8.43. The van der Waals surface area contributed by atoms with E-state index in [1.807, 2.05) is 18.2 Å². The predicted octanol–water partition coefficient (Wildman–Crippen LogP) is 8.25. The van der Waals surface area contributed by atoms with E-state index in [0.29, 0.717) is 22.4 Å². The van der Waals surface area contributed by atoms with Gasteiger partial charge >= 0.3 is 0 Å². The van der Waals surface area contributed by atoms with E-state index in [9.17, 15) is 4.39 Å². The van der Waals surface area contributed by atoms with Crippen LogP contribution < -0.4 is 0 Å². The van der Waals surface area contributed by atoms with Crippen LogP contribution >= 0.6 is 0 Å². The van der Waals surface area contributed by atoms with Gasteiger partial charge in [0.15, 0.2) is 0 Å². The van der Waals surface area contributed by atoms with Crippen LogP contribution in [0.25, 0.3) is 21.9 Å². The monoisotopic (exact) mass is 378 g/mol. The molecule has 0 amide bonds. The lowest BCUT2D eigenvalue weighted by Gasteiger charge is -2.29. The zero-order valence-corrected chi connectivity index (χ0v) is 16.6. The van der Waals surface area contributed by atoms with Gasteiger partial charge in [0.25, 0.3) is 0 Å². The average Bonchev–Trinajstić information content (AvgIpc) is 2.73. The number of unbranched alkanes of at least 4 members (excludes halogenated alkanes) is 1. The third-order valence-corrected chi connectivity index (χ3v) is 6.42. The molecule has 2 heteroatoms. The highest BCUT2D eigenvalue weighted by Gasteiger charge is 2.22. The Kier molecular flexibility index (Phi) is 5.75. The highest BCUT2D eigenvalue weighted by molar-refractivity contribution is 5.88. The van der Waals surface area contributed by atoms with Gasteiger partial charge in [0.05, 0.1) is 0 Å². The molecule has 28 heavy (non-hydrogen) atoms. The van der Waals surface area contributed by atoms with Gasteiger partial charge in [0.1, 0.15) is 11.6 Å². The Balaban J connectivity index is 1.55. The van der Waals surface area contributed by atoms with Crippen molar-refractivity contribution < 1.29 is 8.78 Å². The van der Waals surface area contributed by atoms with Gasteiger partial charge in [0, 0.05) is 10.9 Å². The molecule has 1 aliphatic carbocycles. The number of hydrogen-bond donors (Lipinski definition) is 0. The van der Waals surface area contributed by atoms with Gasteiger partial charge in [-0.15, -0.1) is 0 Å². The summed E-state index contributed by atoms with van der Waals surface area (Å²) in [6.45, 7) is 2.27. The molecule has 0 heterocycles. The van der Waals surface area contributed by atoms with Crippen molar-refractivity contribution in [2.45, 2.75) is 57.8 Å². The topological polar surface area (TPSA) is 0 Å². The molecule has 3 aromatic carbocycles.